The number of pyridine rings is 2. The summed E-state index contributed by atoms with van der Waals surface area (Å²) in [6.45, 7) is 24.7. The van der Waals surface area contributed by atoms with Gasteiger partial charge in [0.2, 0.25) is 5.71 Å². The molecular weight excluding hydrogens is 881 g/mol. The smallest absolute Gasteiger partial charge is 0.216 e. The van der Waals surface area contributed by atoms with Crippen LogP contribution in [0.3, 0.4) is 0 Å². The topological polar surface area (TPSA) is 56.7 Å². The van der Waals surface area contributed by atoms with E-state index in [9.17, 15) is 0 Å². The molecule has 0 N–H and O–H groups in total. The van der Waals surface area contributed by atoms with Crippen molar-refractivity contribution in [3.63, 3.8) is 0 Å². The third kappa shape index (κ3) is 8.36. The van der Waals surface area contributed by atoms with E-state index < -0.39 is 8.07 Å². The zero-order valence-electron chi connectivity index (χ0n) is 34.6. The van der Waals surface area contributed by atoms with Crippen LogP contribution in [0, 0.1) is 38.8 Å². The molecule has 4 aromatic carbocycles. The van der Waals surface area contributed by atoms with E-state index in [0.29, 0.717) is 11.6 Å². The summed E-state index contributed by atoms with van der Waals surface area (Å²) in [5, 5.41) is 3.53. The van der Waals surface area contributed by atoms with Gasteiger partial charge in [-0.15, -0.1) is 59.7 Å². The second-order valence-corrected chi connectivity index (χ2v) is 22.4. The molecule has 0 bridgehead atoms. The number of aryl methyl sites for hydroxylation is 3. The first-order valence-electron chi connectivity index (χ1n) is 19.4. The number of benzene rings is 4. The van der Waals surface area contributed by atoms with E-state index in [2.05, 4.69) is 164 Å². The molecule has 0 atom stereocenters. The number of aromatic nitrogens is 4. The monoisotopic (exact) mass is 933 g/mol. The van der Waals surface area contributed by atoms with Crippen LogP contribution in [-0.2, 0) is 31.9 Å². The molecular formula is C49H52IrN4OSi-2. The fraction of sp³-hybridized carbons (Fsp3) is 0.286. The van der Waals surface area contributed by atoms with Crippen LogP contribution < -0.4 is 5.19 Å². The number of imidazole rings is 1. The van der Waals surface area contributed by atoms with Crippen molar-refractivity contribution in [3.05, 3.63) is 137 Å². The van der Waals surface area contributed by atoms with Gasteiger partial charge in [-0.05, 0) is 79.4 Å². The first kappa shape index (κ1) is 41.0. The molecule has 7 heteroatoms. The maximum atomic E-state index is 6.13. The van der Waals surface area contributed by atoms with Crippen LogP contribution >= 0.6 is 0 Å². The average molecular weight is 933 g/mol. The van der Waals surface area contributed by atoms with Crippen LogP contribution in [0.2, 0.25) is 19.6 Å². The number of nitrogens with zero attached hydrogens (tertiary/aromatic N) is 4. The molecule has 0 saturated heterocycles. The van der Waals surface area contributed by atoms with Crippen LogP contribution in [-0.4, -0.2) is 27.6 Å². The summed E-state index contributed by atoms with van der Waals surface area (Å²) < 4.78 is 8.41. The van der Waals surface area contributed by atoms with Crippen molar-refractivity contribution in [1.82, 2.24) is 19.5 Å². The van der Waals surface area contributed by atoms with Gasteiger partial charge in [-0.25, -0.2) is 4.98 Å². The molecule has 4 aromatic heterocycles. The zero-order chi connectivity index (χ0) is 39.2. The molecule has 8 rings (SSSR count). The summed E-state index contributed by atoms with van der Waals surface area (Å²) in [6.07, 6.45) is 3.24. The third-order valence-electron chi connectivity index (χ3n) is 10.1. The van der Waals surface area contributed by atoms with E-state index in [1.807, 2.05) is 30.3 Å². The Labute approximate surface area is 347 Å². The molecule has 0 aliphatic rings. The summed E-state index contributed by atoms with van der Waals surface area (Å²) in [7, 11) is -1.34. The zero-order valence-corrected chi connectivity index (χ0v) is 37.9. The molecule has 8 aromatic rings. The van der Waals surface area contributed by atoms with E-state index >= 15 is 0 Å². The van der Waals surface area contributed by atoms with Gasteiger partial charge >= 0.3 is 0 Å². The van der Waals surface area contributed by atoms with E-state index in [4.69, 9.17) is 14.4 Å². The molecule has 0 aliphatic heterocycles. The Bertz CT molecular complexity index is 2640. The van der Waals surface area contributed by atoms with Crippen molar-refractivity contribution in [1.29, 1.82) is 0 Å². The van der Waals surface area contributed by atoms with Crippen molar-refractivity contribution >= 4 is 46.4 Å². The Morgan fingerprint density at radius 3 is 2.18 bits per heavy atom. The van der Waals surface area contributed by atoms with E-state index in [1.165, 1.54) is 33.1 Å². The van der Waals surface area contributed by atoms with Gasteiger partial charge in [-0.3, -0.25) is 4.98 Å². The molecule has 0 unspecified atom stereocenters. The molecule has 1 radical (unpaired) electrons. The second kappa shape index (κ2) is 16.1. The molecule has 0 fully saturated rings. The Morgan fingerprint density at radius 2 is 1.52 bits per heavy atom. The second-order valence-electron chi connectivity index (χ2n) is 17.4. The van der Waals surface area contributed by atoms with Gasteiger partial charge in [0, 0.05) is 48.5 Å². The van der Waals surface area contributed by atoms with Crippen molar-refractivity contribution < 1.29 is 24.5 Å². The minimum absolute atomic E-state index is 0. The number of hydrogen-bond donors (Lipinski definition) is 0. The first-order valence-corrected chi connectivity index (χ1v) is 22.9. The average Bonchev–Trinajstić information content (AvgIpc) is 3.69. The van der Waals surface area contributed by atoms with E-state index in [0.717, 1.165) is 62.1 Å². The number of rotatable bonds is 6. The van der Waals surface area contributed by atoms with Crippen molar-refractivity contribution in [2.24, 2.45) is 5.92 Å². The SMILES string of the molecule is CC(C)Cc1cc(-c2[c-]cccc2)ncc1[Si](C)(C)C.Cc1cc(C)c(-n2c(-c3[c-]cc4oc5nc(C(C)(C)C)ccc5c4c3)nc3ccccc32)c(C)c1.[Ir]. The molecule has 0 saturated carbocycles. The largest absolute Gasteiger partial charge is 0.486 e. The minimum Gasteiger partial charge on any atom is -0.486 e. The summed E-state index contributed by atoms with van der Waals surface area (Å²) in [6, 6.07) is 38.1. The number of hydrogen-bond acceptors (Lipinski definition) is 4. The summed E-state index contributed by atoms with van der Waals surface area (Å²) >= 11 is 0. The maximum absolute atomic E-state index is 6.13. The predicted molar refractivity (Wildman–Crippen MR) is 233 cm³/mol. The number of fused-ring (bicyclic) bond motifs is 4. The Balaban J connectivity index is 0.000000217. The van der Waals surface area contributed by atoms with Crippen LogP contribution in [0.5, 0.6) is 0 Å². The standard InChI is InChI=1S/C31H28N3O.C18H24NSi.Ir/c1-18-15-19(2)28(20(3)16-18)34-25-10-8-7-9-24(25)32-29(34)21-11-13-26-23(17-21)22-12-14-27(31(4,5)6)33-30(22)35-26;1-14(2)11-16-12-17(15-9-7-6-8-10-15)19-13-18(16)20(3,4)5;/h7-10,12-17H,1-6H3;6-9,12-14H,11H2,1-5H3;/q2*-1;. The Kier molecular flexibility index (Phi) is 11.7. The summed E-state index contributed by atoms with van der Waals surface area (Å²) in [5.74, 6) is 1.54. The van der Waals surface area contributed by atoms with Crippen LogP contribution in [0.15, 0.2) is 102 Å². The van der Waals surface area contributed by atoms with Crippen molar-refractivity contribution in [2.45, 2.75) is 86.9 Å². The number of furan rings is 1. The van der Waals surface area contributed by atoms with E-state index in [-0.39, 0.29) is 25.5 Å². The summed E-state index contributed by atoms with van der Waals surface area (Å²) in [4.78, 5) is 14.6. The first-order chi connectivity index (χ1) is 26.1. The molecule has 4 heterocycles. The molecule has 0 spiro atoms. The molecule has 289 valence electrons. The Hall–Kier alpha value is -4.68. The predicted octanol–water partition coefficient (Wildman–Crippen LogP) is 12.3. The van der Waals surface area contributed by atoms with Gasteiger partial charge in [0.25, 0.3) is 0 Å². The molecule has 0 amide bonds. The van der Waals surface area contributed by atoms with Crippen LogP contribution in [0.25, 0.3) is 61.4 Å². The fourth-order valence-electron chi connectivity index (χ4n) is 7.59. The van der Waals surface area contributed by atoms with Gasteiger partial charge in [0.15, 0.2) is 0 Å². The molecule has 0 aliphatic carbocycles. The van der Waals surface area contributed by atoms with Crippen LogP contribution in [0.4, 0.5) is 0 Å². The number of para-hydroxylation sites is 2. The van der Waals surface area contributed by atoms with Gasteiger partial charge in [0.05, 0.1) is 30.5 Å². The summed E-state index contributed by atoms with van der Waals surface area (Å²) in [5.41, 5.74) is 13.9. The van der Waals surface area contributed by atoms with Gasteiger partial charge in [-0.1, -0.05) is 101 Å². The van der Waals surface area contributed by atoms with Crippen molar-refractivity contribution in [3.8, 4) is 28.3 Å². The molecule has 56 heavy (non-hydrogen) atoms. The Morgan fingerprint density at radius 1 is 0.804 bits per heavy atom. The van der Waals surface area contributed by atoms with Gasteiger partial charge in [-0.2, -0.15) is 0 Å². The molecule has 5 nitrogen and oxygen atoms in total. The van der Waals surface area contributed by atoms with E-state index in [1.54, 1.807) is 0 Å². The van der Waals surface area contributed by atoms with Crippen molar-refractivity contribution in [2.75, 3.05) is 0 Å². The fourth-order valence-corrected chi connectivity index (χ4v) is 9.18. The van der Waals surface area contributed by atoms with Gasteiger partial charge < -0.3 is 14.0 Å². The van der Waals surface area contributed by atoms with Crippen LogP contribution in [0.1, 0.15) is 62.6 Å². The third-order valence-corrected chi connectivity index (χ3v) is 12.2. The normalized spacial score (nSPS) is 11.9. The minimum atomic E-state index is -1.34. The van der Waals surface area contributed by atoms with Gasteiger partial charge in [0.1, 0.15) is 0 Å². The maximum Gasteiger partial charge on any atom is 0.216 e. The quantitative estimate of drug-likeness (QED) is 0.123.